The summed E-state index contributed by atoms with van der Waals surface area (Å²) in [5, 5.41) is 31.6. The number of esters is 3. The Labute approximate surface area is 496 Å². The van der Waals surface area contributed by atoms with Gasteiger partial charge in [0, 0.05) is 19.3 Å². The van der Waals surface area contributed by atoms with Crippen molar-refractivity contribution in [1.29, 1.82) is 0 Å². The zero-order valence-corrected chi connectivity index (χ0v) is 52.6. The van der Waals surface area contributed by atoms with Crippen molar-refractivity contribution in [2.75, 3.05) is 13.2 Å². The first-order chi connectivity index (χ1) is 39.6. The molecule has 1 fully saturated rings. The molecule has 0 aromatic rings. The number of carbonyl (C=O) groups is 4. The summed E-state index contributed by atoms with van der Waals surface area (Å²) in [5.41, 5.74) is 0. The van der Waals surface area contributed by atoms with Crippen molar-refractivity contribution >= 4 is 23.9 Å². The molecule has 0 spiro atoms. The maximum absolute atomic E-state index is 13.2. The van der Waals surface area contributed by atoms with E-state index in [1.807, 2.05) is 0 Å². The van der Waals surface area contributed by atoms with E-state index in [1.165, 1.54) is 193 Å². The summed E-state index contributed by atoms with van der Waals surface area (Å²) in [6.07, 6.45) is 55.6. The average Bonchev–Trinajstić information content (AvgIpc) is 3.52. The molecule has 0 aromatic heterocycles. The van der Waals surface area contributed by atoms with Crippen molar-refractivity contribution in [1.82, 2.24) is 0 Å². The topological polar surface area (TPSA) is 175 Å². The highest BCUT2D eigenvalue weighted by atomic mass is 16.7. The number of allylic oxidation sites excluding steroid dienone is 4. The van der Waals surface area contributed by atoms with Gasteiger partial charge in [-0.25, -0.2) is 4.79 Å². The molecule has 1 saturated heterocycles. The maximum Gasteiger partial charge on any atom is 0.335 e. The summed E-state index contributed by atoms with van der Waals surface area (Å²) < 4.78 is 28.6. The van der Waals surface area contributed by atoms with Gasteiger partial charge in [-0.2, -0.15) is 0 Å². The van der Waals surface area contributed by atoms with Crippen LogP contribution in [-0.4, -0.2) is 89.2 Å². The number of aliphatic hydroxyl groups is 2. The van der Waals surface area contributed by atoms with Crippen LogP contribution in [0.25, 0.3) is 0 Å². The molecule has 1 heterocycles. The molecule has 0 amide bonds. The second kappa shape index (κ2) is 57.6. The van der Waals surface area contributed by atoms with E-state index in [4.69, 9.17) is 23.7 Å². The third-order valence-electron chi connectivity index (χ3n) is 16.0. The number of rotatable bonds is 60. The molecular formula is C69H126O12. The molecule has 1 rings (SSSR count). The third-order valence-corrected chi connectivity index (χ3v) is 16.0. The van der Waals surface area contributed by atoms with Gasteiger partial charge in [-0.1, -0.05) is 276 Å². The predicted octanol–water partition coefficient (Wildman–Crippen LogP) is 18.6. The fourth-order valence-electron chi connectivity index (χ4n) is 10.7. The number of carboxylic acid groups (broad SMARTS) is 1. The van der Waals surface area contributed by atoms with Crippen LogP contribution in [0.1, 0.15) is 342 Å². The van der Waals surface area contributed by atoms with E-state index in [9.17, 15) is 34.5 Å². The zero-order valence-electron chi connectivity index (χ0n) is 52.6. The van der Waals surface area contributed by atoms with Crippen molar-refractivity contribution in [3.05, 3.63) is 24.3 Å². The van der Waals surface area contributed by atoms with Crippen LogP contribution < -0.4 is 0 Å². The number of hydrogen-bond donors (Lipinski definition) is 3. The SMILES string of the molecule is CCCCCCCC/C=C\CCCCCCCCCC(=O)OC(COC(=O)CCCCCCCCCCCCCCCCCCCCC)COC1OC(C(=O)O)C(O)C(O)C1OC(=O)CCCCCCC/C=C\CCCCCCCC. The molecule has 12 nitrogen and oxygen atoms in total. The Kier molecular flexibility index (Phi) is 54.2. The molecule has 6 atom stereocenters. The van der Waals surface area contributed by atoms with E-state index in [0.717, 1.165) is 89.9 Å². The highest BCUT2D eigenvalue weighted by molar-refractivity contribution is 5.74. The lowest BCUT2D eigenvalue weighted by atomic mass is 9.98. The average molecular weight is 1150 g/mol. The second-order valence-electron chi connectivity index (χ2n) is 23.8. The van der Waals surface area contributed by atoms with Crippen molar-refractivity contribution in [2.45, 2.75) is 379 Å². The lowest BCUT2D eigenvalue weighted by Crippen LogP contribution is -2.61. The highest BCUT2D eigenvalue weighted by Gasteiger charge is 2.50. The molecule has 1 aliphatic rings. The summed E-state index contributed by atoms with van der Waals surface area (Å²) in [5.74, 6) is -3.09. The quantitative estimate of drug-likeness (QED) is 0.0228. The van der Waals surface area contributed by atoms with Crippen LogP contribution in [0, 0.1) is 0 Å². The second-order valence-corrected chi connectivity index (χ2v) is 23.8. The van der Waals surface area contributed by atoms with Crippen LogP contribution in [0.15, 0.2) is 24.3 Å². The maximum atomic E-state index is 13.2. The van der Waals surface area contributed by atoms with Gasteiger partial charge in [0.2, 0.25) is 0 Å². The molecule has 0 aromatic carbocycles. The van der Waals surface area contributed by atoms with E-state index in [2.05, 4.69) is 45.1 Å². The van der Waals surface area contributed by atoms with Crippen LogP contribution in [0.2, 0.25) is 0 Å². The first kappa shape index (κ1) is 76.2. The summed E-state index contributed by atoms with van der Waals surface area (Å²) in [6, 6.07) is 0. The van der Waals surface area contributed by atoms with E-state index < -0.39 is 67.3 Å². The molecule has 6 unspecified atom stereocenters. The van der Waals surface area contributed by atoms with E-state index >= 15 is 0 Å². The van der Waals surface area contributed by atoms with Gasteiger partial charge >= 0.3 is 23.9 Å². The molecule has 12 heteroatoms. The van der Waals surface area contributed by atoms with Crippen molar-refractivity contribution < 1.29 is 58.2 Å². The Morgan fingerprint density at radius 3 is 1.05 bits per heavy atom. The number of carbonyl (C=O) groups excluding carboxylic acids is 3. The van der Waals surface area contributed by atoms with Gasteiger partial charge in [0.15, 0.2) is 24.6 Å². The number of ether oxygens (including phenoxy) is 5. The molecule has 81 heavy (non-hydrogen) atoms. The largest absolute Gasteiger partial charge is 0.479 e. The van der Waals surface area contributed by atoms with Gasteiger partial charge in [0.05, 0.1) is 6.61 Å². The molecule has 0 bridgehead atoms. The number of carboxylic acids is 1. The van der Waals surface area contributed by atoms with Gasteiger partial charge in [0.25, 0.3) is 0 Å². The fraction of sp³-hybridized carbons (Fsp3) is 0.884. The Morgan fingerprint density at radius 1 is 0.395 bits per heavy atom. The standard InChI is InChI=1S/C69H126O12/c1-4-7-10-13-16-19-22-25-28-30-31-33-35-37-40-43-46-49-52-55-61(70)77-58-60(79-62(71)56-53-50-47-44-41-39-36-32-29-26-23-20-17-14-11-8-5-2)59-78-69-67(65(74)64(73)66(81-69)68(75)76)80-63(72)57-54-51-48-45-42-38-34-27-24-21-18-15-12-9-6-3/h26-27,29,34,60,64-67,69,73-74H,4-25,28,30-33,35-59H2,1-3H3,(H,75,76)/b29-26-,34-27-. The van der Waals surface area contributed by atoms with Crippen LogP contribution in [0.3, 0.4) is 0 Å². The van der Waals surface area contributed by atoms with E-state index in [0.29, 0.717) is 19.3 Å². The Morgan fingerprint density at radius 2 is 0.704 bits per heavy atom. The van der Waals surface area contributed by atoms with Crippen LogP contribution in [0.5, 0.6) is 0 Å². The lowest BCUT2D eigenvalue weighted by molar-refractivity contribution is -0.301. The Hall–Kier alpha value is -2.80. The minimum Gasteiger partial charge on any atom is -0.479 e. The lowest BCUT2D eigenvalue weighted by Gasteiger charge is -2.40. The van der Waals surface area contributed by atoms with Crippen molar-refractivity contribution in [3.8, 4) is 0 Å². The molecular weight excluding hydrogens is 1020 g/mol. The third kappa shape index (κ3) is 47.2. The number of unbranched alkanes of at least 4 members (excludes halogenated alkanes) is 42. The molecule has 1 aliphatic heterocycles. The molecule has 0 radical (unpaired) electrons. The number of hydrogen-bond acceptors (Lipinski definition) is 11. The van der Waals surface area contributed by atoms with Crippen LogP contribution in [-0.2, 0) is 42.9 Å². The van der Waals surface area contributed by atoms with Crippen LogP contribution >= 0.6 is 0 Å². The van der Waals surface area contributed by atoms with Crippen LogP contribution in [0.4, 0.5) is 0 Å². The first-order valence-corrected chi connectivity index (χ1v) is 34.3. The molecule has 474 valence electrons. The van der Waals surface area contributed by atoms with Gasteiger partial charge in [-0.05, 0) is 70.6 Å². The van der Waals surface area contributed by atoms with Gasteiger partial charge in [0.1, 0.15) is 18.8 Å². The van der Waals surface area contributed by atoms with Gasteiger partial charge in [-0.3, -0.25) is 14.4 Å². The van der Waals surface area contributed by atoms with Gasteiger partial charge in [-0.15, -0.1) is 0 Å². The van der Waals surface area contributed by atoms with Crippen molar-refractivity contribution in [3.63, 3.8) is 0 Å². The number of aliphatic hydroxyl groups excluding tert-OH is 2. The Bertz CT molecular complexity index is 1500. The van der Waals surface area contributed by atoms with Gasteiger partial charge < -0.3 is 39.0 Å². The summed E-state index contributed by atoms with van der Waals surface area (Å²) in [6.45, 7) is 6.04. The Balaban J connectivity index is 2.63. The molecule has 0 saturated carbocycles. The minimum absolute atomic E-state index is 0.0548. The zero-order chi connectivity index (χ0) is 58.9. The monoisotopic (exact) mass is 1150 g/mol. The predicted molar refractivity (Wildman–Crippen MR) is 331 cm³/mol. The van der Waals surface area contributed by atoms with E-state index in [1.54, 1.807) is 0 Å². The minimum atomic E-state index is -1.90. The molecule has 0 aliphatic carbocycles. The smallest absolute Gasteiger partial charge is 0.335 e. The normalized spacial score (nSPS) is 17.8. The highest BCUT2D eigenvalue weighted by Crippen LogP contribution is 2.27. The van der Waals surface area contributed by atoms with Crippen molar-refractivity contribution in [2.24, 2.45) is 0 Å². The summed E-state index contributed by atoms with van der Waals surface area (Å²) in [4.78, 5) is 51.4. The fourth-order valence-corrected chi connectivity index (χ4v) is 10.7. The first-order valence-electron chi connectivity index (χ1n) is 34.3. The summed E-state index contributed by atoms with van der Waals surface area (Å²) >= 11 is 0. The summed E-state index contributed by atoms with van der Waals surface area (Å²) in [7, 11) is 0. The molecule has 3 N–H and O–H groups in total. The van der Waals surface area contributed by atoms with E-state index in [-0.39, 0.29) is 25.9 Å². The number of aliphatic carboxylic acids is 1.